The van der Waals surface area contributed by atoms with Crippen molar-refractivity contribution in [3.63, 3.8) is 0 Å². The van der Waals surface area contributed by atoms with Crippen molar-refractivity contribution in [3.8, 4) is 0 Å². The molecular weight excluding hydrogens is 332 g/mol. The van der Waals surface area contributed by atoms with E-state index in [1.54, 1.807) is 0 Å². The van der Waals surface area contributed by atoms with Crippen molar-refractivity contribution < 1.29 is 9.47 Å². The van der Waals surface area contributed by atoms with Crippen LogP contribution >= 0.6 is 0 Å². The highest BCUT2D eigenvalue weighted by Gasteiger charge is 2.63. The molecule has 0 N–H and O–H groups in total. The lowest BCUT2D eigenvalue weighted by molar-refractivity contribution is -0.300. The molecule has 2 heterocycles. The monoisotopic (exact) mass is 360 g/mol. The Morgan fingerprint density at radius 3 is 1.26 bits per heavy atom. The number of rotatable bonds is 0. The molecule has 0 unspecified atom stereocenters. The van der Waals surface area contributed by atoms with Gasteiger partial charge in [-0.05, 0) is 36.8 Å². The van der Waals surface area contributed by atoms with Gasteiger partial charge in [-0.15, -0.1) is 0 Å². The summed E-state index contributed by atoms with van der Waals surface area (Å²) >= 11 is 0. The molecule has 27 heavy (non-hydrogen) atoms. The summed E-state index contributed by atoms with van der Waals surface area (Å²) in [7, 11) is 0. The Balaban J connectivity index is 1.57. The second-order valence-corrected chi connectivity index (χ2v) is 9.02. The zero-order chi connectivity index (χ0) is 18.0. The molecule has 2 fully saturated rings. The molecular formula is C25H28O2. The van der Waals surface area contributed by atoms with Gasteiger partial charge in [0.2, 0.25) is 5.79 Å². The van der Waals surface area contributed by atoms with Gasteiger partial charge in [-0.3, -0.25) is 0 Å². The average Bonchev–Trinajstić information content (AvgIpc) is 3.14. The van der Waals surface area contributed by atoms with Crippen molar-refractivity contribution in [2.24, 2.45) is 0 Å². The van der Waals surface area contributed by atoms with Crippen molar-refractivity contribution in [1.29, 1.82) is 0 Å². The predicted molar refractivity (Wildman–Crippen MR) is 105 cm³/mol. The van der Waals surface area contributed by atoms with Crippen LogP contribution in [-0.4, -0.2) is 0 Å². The maximum absolute atomic E-state index is 7.14. The Bertz CT molecular complexity index is 798. The Labute approximate surface area is 161 Å². The van der Waals surface area contributed by atoms with Crippen LogP contribution in [0, 0.1) is 0 Å². The van der Waals surface area contributed by atoms with Crippen molar-refractivity contribution in [2.45, 2.75) is 81.2 Å². The molecule has 0 aromatic heterocycles. The molecule has 0 bridgehead atoms. The number of fused-ring (bicyclic) bond motifs is 6. The van der Waals surface area contributed by atoms with Gasteiger partial charge >= 0.3 is 0 Å². The van der Waals surface area contributed by atoms with Crippen LogP contribution in [0.2, 0.25) is 0 Å². The zero-order valence-corrected chi connectivity index (χ0v) is 16.0. The van der Waals surface area contributed by atoms with E-state index in [4.69, 9.17) is 9.47 Å². The number of ether oxygens (including phenoxy) is 2. The van der Waals surface area contributed by atoms with Gasteiger partial charge in [0.1, 0.15) is 0 Å². The van der Waals surface area contributed by atoms with E-state index in [1.165, 1.54) is 60.8 Å². The molecule has 2 heteroatoms. The van der Waals surface area contributed by atoms with Gasteiger partial charge in [0.15, 0.2) is 0 Å². The van der Waals surface area contributed by atoms with Crippen molar-refractivity contribution in [2.75, 3.05) is 0 Å². The summed E-state index contributed by atoms with van der Waals surface area (Å²) in [5.41, 5.74) is 4.97. The lowest BCUT2D eigenvalue weighted by Gasteiger charge is -2.39. The van der Waals surface area contributed by atoms with E-state index in [2.05, 4.69) is 48.5 Å². The van der Waals surface area contributed by atoms with Gasteiger partial charge in [0, 0.05) is 11.1 Å². The SMILES string of the molecule is c1ccc2c(c1)C1(CCCCC1)OC21OC2(CCCCC2)c2ccccc21. The van der Waals surface area contributed by atoms with Crippen molar-refractivity contribution in [1.82, 2.24) is 0 Å². The molecule has 0 amide bonds. The minimum atomic E-state index is -0.706. The zero-order valence-electron chi connectivity index (χ0n) is 16.0. The molecule has 0 radical (unpaired) electrons. The standard InChI is InChI=1S/C25H28O2/c1-7-15-23(16-8-1)19-11-3-5-13-21(19)25(26-23)22-14-6-4-12-20(22)24(27-25)17-9-2-10-18-24/h3-6,11-14H,1-2,7-10,15-18H2. The second-order valence-electron chi connectivity index (χ2n) is 9.02. The molecule has 2 saturated carbocycles. The molecule has 0 saturated heterocycles. The van der Waals surface area contributed by atoms with Crippen LogP contribution in [0.3, 0.4) is 0 Å². The summed E-state index contributed by atoms with van der Waals surface area (Å²) in [6, 6.07) is 17.8. The summed E-state index contributed by atoms with van der Waals surface area (Å²) in [4.78, 5) is 0. The molecule has 2 nitrogen and oxygen atoms in total. The minimum absolute atomic E-state index is 0.165. The first-order chi connectivity index (χ1) is 13.3. The lowest BCUT2D eigenvalue weighted by atomic mass is 9.78. The third-order valence-corrected chi connectivity index (χ3v) is 7.55. The molecule has 0 atom stereocenters. The van der Waals surface area contributed by atoms with E-state index in [0.717, 1.165) is 25.7 Å². The van der Waals surface area contributed by atoms with E-state index in [0.29, 0.717) is 0 Å². The fraction of sp³-hybridized carbons (Fsp3) is 0.520. The quantitative estimate of drug-likeness (QED) is 0.551. The van der Waals surface area contributed by atoms with Gasteiger partial charge < -0.3 is 9.47 Å². The molecule has 3 spiro atoms. The van der Waals surface area contributed by atoms with E-state index in [9.17, 15) is 0 Å². The summed E-state index contributed by atoms with van der Waals surface area (Å²) < 4.78 is 14.3. The van der Waals surface area contributed by atoms with Crippen LogP contribution in [0.5, 0.6) is 0 Å². The van der Waals surface area contributed by atoms with Crippen LogP contribution in [0.25, 0.3) is 0 Å². The van der Waals surface area contributed by atoms with Crippen LogP contribution in [0.15, 0.2) is 48.5 Å². The van der Waals surface area contributed by atoms with Gasteiger partial charge in [-0.1, -0.05) is 87.1 Å². The first-order valence-corrected chi connectivity index (χ1v) is 10.9. The maximum atomic E-state index is 7.14. The highest BCUT2D eigenvalue weighted by Crippen LogP contribution is 2.64. The number of hydrogen-bond acceptors (Lipinski definition) is 2. The normalized spacial score (nSPS) is 26.4. The average molecular weight is 360 g/mol. The van der Waals surface area contributed by atoms with E-state index < -0.39 is 5.79 Å². The largest absolute Gasteiger partial charge is 0.331 e. The summed E-state index contributed by atoms with van der Waals surface area (Å²) in [5.74, 6) is -0.706. The first-order valence-electron chi connectivity index (χ1n) is 10.9. The number of hydrogen-bond donors (Lipinski definition) is 0. The van der Waals surface area contributed by atoms with Gasteiger partial charge in [-0.25, -0.2) is 0 Å². The highest BCUT2D eigenvalue weighted by molar-refractivity contribution is 5.52. The third kappa shape index (κ3) is 2.09. The molecule has 2 aromatic carbocycles. The Morgan fingerprint density at radius 1 is 0.481 bits per heavy atom. The summed E-state index contributed by atoms with van der Waals surface area (Å²) in [6.07, 6.45) is 12.1. The summed E-state index contributed by atoms with van der Waals surface area (Å²) in [5, 5.41) is 0. The van der Waals surface area contributed by atoms with Gasteiger partial charge in [0.05, 0.1) is 11.2 Å². The highest BCUT2D eigenvalue weighted by atomic mass is 16.7. The Hall–Kier alpha value is -1.64. The molecule has 140 valence electrons. The van der Waals surface area contributed by atoms with Crippen LogP contribution in [-0.2, 0) is 26.5 Å². The predicted octanol–water partition coefficient (Wildman–Crippen LogP) is 6.27. The smallest absolute Gasteiger partial charge is 0.224 e. The second kappa shape index (κ2) is 5.68. The molecule has 2 aromatic rings. The molecule has 2 aliphatic heterocycles. The van der Waals surface area contributed by atoms with Crippen LogP contribution in [0.1, 0.15) is 86.5 Å². The Kier molecular flexibility index (Phi) is 3.44. The minimum Gasteiger partial charge on any atom is -0.331 e. The van der Waals surface area contributed by atoms with Crippen molar-refractivity contribution >= 4 is 0 Å². The maximum Gasteiger partial charge on any atom is 0.224 e. The Morgan fingerprint density at radius 2 is 0.852 bits per heavy atom. The van der Waals surface area contributed by atoms with E-state index >= 15 is 0 Å². The van der Waals surface area contributed by atoms with Crippen molar-refractivity contribution in [3.05, 3.63) is 70.8 Å². The van der Waals surface area contributed by atoms with Gasteiger partial charge in [0.25, 0.3) is 0 Å². The van der Waals surface area contributed by atoms with Crippen LogP contribution in [0.4, 0.5) is 0 Å². The third-order valence-electron chi connectivity index (χ3n) is 7.55. The molecule has 4 aliphatic rings. The molecule has 2 aliphatic carbocycles. The van der Waals surface area contributed by atoms with E-state index in [1.807, 2.05) is 0 Å². The number of benzene rings is 2. The molecule has 6 rings (SSSR count). The van der Waals surface area contributed by atoms with E-state index in [-0.39, 0.29) is 11.2 Å². The van der Waals surface area contributed by atoms with Gasteiger partial charge in [-0.2, -0.15) is 0 Å². The topological polar surface area (TPSA) is 18.5 Å². The first kappa shape index (κ1) is 16.3. The fourth-order valence-corrected chi connectivity index (χ4v) is 6.37. The summed E-state index contributed by atoms with van der Waals surface area (Å²) in [6.45, 7) is 0. The lowest BCUT2D eigenvalue weighted by Crippen LogP contribution is -2.38. The fourth-order valence-electron chi connectivity index (χ4n) is 6.37. The van der Waals surface area contributed by atoms with Crippen LogP contribution < -0.4 is 0 Å².